The highest BCUT2D eigenvalue weighted by Gasteiger charge is 2.37. The molecule has 7 heteroatoms. The van der Waals surface area contributed by atoms with Crippen LogP contribution in [0.5, 0.6) is 0 Å². The Labute approximate surface area is 116 Å². The topological polar surface area (TPSA) is 77.5 Å². The van der Waals surface area contributed by atoms with Crippen molar-refractivity contribution < 1.29 is 21.0 Å². The van der Waals surface area contributed by atoms with Crippen molar-refractivity contribution in [2.75, 3.05) is 18.1 Å². The fourth-order valence-electron chi connectivity index (χ4n) is 2.09. The maximum atomic E-state index is 11.8. The minimum Gasteiger partial charge on any atom is -0.270 e. The fraction of sp³-hybridized carbons (Fsp3) is 1.00. The molecule has 0 spiro atoms. The molecule has 1 fully saturated rings. The molecule has 1 heterocycles. The summed E-state index contributed by atoms with van der Waals surface area (Å²) in [6.07, 6.45) is 4.01. The van der Waals surface area contributed by atoms with Gasteiger partial charge in [-0.1, -0.05) is 33.1 Å². The number of unbranched alkanes of at least 4 members (excludes halogenated alkanes) is 2. The molecule has 0 saturated carbocycles. The van der Waals surface area contributed by atoms with Crippen molar-refractivity contribution in [3.05, 3.63) is 0 Å². The summed E-state index contributed by atoms with van der Waals surface area (Å²) in [5, 5.41) is -0.867. The van der Waals surface area contributed by atoms with Crippen molar-refractivity contribution in [1.82, 2.24) is 0 Å². The Morgan fingerprint density at radius 2 is 1.89 bits per heavy atom. The molecule has 0 N–H and O–H groups in total. The zero-order valence-corrected chi connectivity index (χ0v) is 13.3. The Balaban J connectivity index is 2.25. The van der Waals surface area contributed by atoms with Crippen LogP contribution in [-0.4, -0.2) is 40.2 Å². The van der Waals surface area contributed by atoms with Gasteiger partial charge in [-0.05, 0) is 18.8 Å². The molecular weight excluding hydrogens is 288 g/mol. The highest BCUT2D eigenvalue weighted by atomic mass is 32.2. The van der Waals surface area contributed by atoms with E-state index >= 15 is 0 Å². The third-order valence-electron chi connectivity index (χ3n) is 3.27. The van der Waals surface area contributed by atoms with E-state index in [0.29, 0.717) is 12.3 Å². The van der Waals surface area contributed by atoms with E-state index in [2.05, 4.69) is 13.8 Å². The van der Waals surface area contributed by atoms with Crippen LogP contribution in [0.15, 0.2) is 0 Å². The van der Waals surface area contributed by atoms with Crippen molar-refractivity contribution >= 4 is 20.0 Å². The van der Waals surface area contributed by atoms with Gasteiger partial charge in [-0.25, -0.2) is 8.42 Å². The van der Waals surface area contributed by atoms with E-state index in [1.807, 2.05) is 0 Å². The van der Waals surface area contributed by atoms with Crippen molar-refractivity contribution in [3.8, 4) is 0 Å². The largest absolute Gasteiger partial charge is 0.271 e. The van der Waals surface area contributed by atoms with E-state index in [-0.39, 0.29) is 24.5 Å². The van der Waals surface area contributed by atoms with Gasteiger partial charge >= 0.3 is 0 Å². The molecule has 0 radical (unpaired) electrons. The van der Waals surface area contributed by atoms with Crippen LogP contribution in [-0.2, 0) is 24.1 Å². The van der Waals surface area contributed by atoms with Crippen LogP contribution in [0, 0.1) is 5.92 Å². The second-order valence-electron chi connectivity index (χ2n) is 5.58. The van der Waals surface area contributed by atoms with E-state index < -0.39 is 25.2 Å². The Kier molecular flexibility index (Phi) is 6.26. The van der Waals surface area contributed by atoms with E-state index in [1.54, 1.807) is 0 Å². The van der Waals surface area contributed by atoms with E-state index in [0.717, 1.165) is 19.3 Å². The van der Waals surface area contributed by atoms with Crippen LogP contribution in [0.25, 0.3) is 0 Å². The molecule has 0 unspecified atom stereocenters. The highest BCUT2D eigenvalue weighted by molar-refractivity contribution is 7.94. The Hall–Kier alpha value is -0.140. The highest BCUT2D eigenvalue weighted by Crippen LogP contribution is 2.20. The molecule has 5 nitrogen and oxygen atoms in total. The van der Waals surface area contributed by atoms with Gasteiger partial charge in [0.05, 0.1) is 18.1 Å². The van der Waals surface area contributed by atoms with E-state index in [9.17, 15) is 16.8 Å². The fourth-order valence-corrected chi connectivity index (χ4v) is 6.02. The minimum atomic E-state index is -3.71. The predicted molar refractivity (Wildman–Crippen MR) is 75.2 cm³/mol. The van der Waals surface area contributed by atoms with E-state index in [1.165, 1.54) is 0 Å². The van der Waals surface area contributed by atoms with Crippen LogP contribution in [0.3, 0.4) is 0 Å². The molecule has 0 aromatic heterocycles. The van der Waals surface area contributed by atoms with Gasteiger partial charge in [-0.3, -0.25) is 4.18 Å². The first-order valence-corrected chi connectivity index (χ1v) is 10.1. The van der Waals surface area contributed by atoms with Crippen LogP contribution in [0.4, 0.5) is 0 Å². The third kappa shape index (κ3) is 6.23. The van der Waals surface area contributed by atoms with Crippen molar-refractivity contribution in [2.24, 2.45) is 5.92 Å². The summed E-state index contributed by atoms with van der Waals surface area (Å²) in [6, 6.07) is 0. The summed E-state index contributed by atoms with van der Waals surface area (Å²) in [7, 11) is -6.90. The van der Waals surface area contributed by atoms with Crippen LogP contribution in [0.2, 0.25) is 0 Å². The first kappa shape index (κ1) is 16.9. The normalized spacial score (nSPS) is 23.0. The lowest BCUT2D eigenvalue weighted by atomic mass is 10.1. The summed E-state index contributed by atoms with van der Waals surface area (Å²) >= 11 is 0. The zero-order chi connectivity index (χ0) is 14.5. The van der Waals surface area contributed by atoms with Gasteiger partial charge in [0.2, 0.25) is 0 Å². The Bertz CT molecular complexity index is 464. The monoisotopic (exact) mass is 312 g/mol. The molecule has 1 saturated heterocycles. The predicted octanol–water partition coefficient (Wildman–Crippen LogP) is 1.74. The lowest BCUT2D eigenvalue weighted by molar-refractivity contribution is 0.300. The summed E-state index contributed by atoms with van der Waals surface area (Å²) < 4.78 is 51.0. The SMILES string of the molecule is CC(C)CCCCCOS(=O)(=O)[C@@H]1CCS(=O)(=O)C1. The number of hydrogen-bond acceptors (Lipinski definition) is 5. The van der Waals surface area contributed by atoms with Gasteiger partial charge < -0.3 is 0 Å². The molecule has 1 rings (SSSR count). The van der Waals surface area contributed by atoms with Crippen LogP contribution < -0.4 is 0 Å². The van der Waals surface area contributed by atoms with Gasteiger partial charge in [-0.15, -0.1) is 0 Å². The maximum Gasteiger partial charge on any atom is 0.271 e. The van der Waals surface area contributed by atoms with Crippen LogP contribution >= 0.6 is 0 Å². The minimum absolute atomic E-state index is 0.0470. The lowest BCUT2D eigenvalue weighted by Gasteiger charge is -2.10. The van der Waals surface area contributed by atoms with Gasteiger partial charge in [0, 0.05) is 0 Å². The van der Waals surface area contributed by atoms with Gasteiger partial charge in [0.1, 0.15) is 5.25 Å². The second kappa shape index (κ2) is 7.04. The number of hydrogen-bond donors (Lipinski definition) is 0. The zero-order valence-electron chi connectivity index (χ0n) is 11.7. The summed E-state index contributed by atoms with van der Waals surface area (Å²) in [5.41, 5.74) is 0. The molecule has 0 aliphatic carbocycles. The Morgan fingerprint density at radius 3 is 2.42 bits per heavy atom. The molecule has 0 aromatic carbocycles. The average molecular weight is 312 g/mol. The quantitative estimate of drug-likeness (QED) is 0.504. The summed E-state index contributed by atoms with van der Waals surface area (Å²) in [6.45, 7) is 4.47. The van der Waals surface area contributed by atoms with Crippen LogP contribution in [0.1, 0.15) is 46.0 Å². The molecule has 0 bridgehead atoms. The van der Waals surface area contributed by atoms with Gasteiger partial charge in [-0.2, -0.15) is 8.42 Å². The van der Waals surface area contributed by atoms with Crippen molar-refractivity contribution in [3.63, 3.8) is 0 Å². The molecule has 1 aliphatic rings. The molecule has 0 aromatic rings. The first-order valence-electron chi connectivity index (χ1n) is 6.81. The number of sulfone groups is 1. The van der Waals surface area contributed by atoms with Gasteiger partial charge in [0.25, 0.3) is 10.1 Å². The summed E-state index contributed by atoms with van der Waals surface area (Å²) in [5.74, 6) is 0.325. The molecular formula is C12H24O5S2. The Morgan fingerprint density at radius 1 is 1.21 bits per heavy atom. The molecule has 114 valence electrons. The molecule has 1 aliphatic heterocycles. The maximum absolute atomic E-state index is 11.8. The second-order valence-corrected chi connectivity index (χ2v) is 9.70. The van der Waals surface area contributed by atoms with Gasteiger partial charge in [0.15, 0.2) is 9.84 Å². The first-order chi connectivity index (χ1) is 8.73. The molecule has 0 amide bonds. The number of rotatable bonds is 8. The average Bonchev–Trinajstić information content (AvgIpc) is 2.64. The van der Waals surface area contributed by atoms with Crippen molar-refractivity contribution in [1.29, 1.82) is 0 Å². The molecule has 1 atom stereocenters. The van der Waals surface area contributed by atoms with Crippen molar-refractivity contribution in [2.45, 2.75) is 51.2 Å². The third-order valence-corrected chi connectivity index (χ3v) is 6.97. The van der Waals surface area contributed by atoms with E-state index in [4.69, 9.17) is 4.18 Å². The molecule has 19 heavy (non-hydrogen) atoms. The smallest absolute Gasteiger partial charge is 0.270 e. The summed E-state index contributed by atoms with van der Waals surface area (Å²) in [4.78, 5) is 0. The lowest BCUT2D eigenvalue weighted by Crippen LogP contribution is -2.25. The standard InChI is InChI=1S/C12H24O5S2/c1-11(2)6-4-3-5-8-17-19(15,16)12-7-9-18(13,14)10-12/h11-12H,3-10H2,1-2H3/t12-/m1/s1.